The molecule has 8 nitrogen and oxygen atoms in total. The van der Waals surface area contributed by atoms with Crippen molar-refractivity contribution < 1.29 is 28.5 Å². The Morgan fingerprint density at radius 1 is 1.21 bits per heavy atom. The first-order valence-corrected chi connectivity index (χ1v) is 12.7. The van der Waals surface area contributed by atoms with Crippen LogP contribution in [0.25, 0.3) is 11.3 Å². The smallest absolute Gasteiger partial charge is 0.337 e. The van der Waals surface area contributed by atoms with Gasteiger partial charge in [0.05, 0.1) is 18.4 Å². The lowest BCUT2D eigenvalue weighted by Crippen LogP contribution is -2.33. The van der Waals surface area contributed by atoms with E-state index in [4.69, 9.17) is 21.1 Å². The molecule has 0 fully saturated rings. The minimum absolute atomic E-state index is 0.00564. The molecule has 5 rings (SSSR count). The average molecular weight is 552 g/mol. The van der Waals surface area contributed by atoms with Gasteiger partial charge in [-0.05, 0) is 42.0 Å². The van der Waals surface area contributed by atoms with Crippen molar-refractivity contribution in [1.29, 1.82) is 0 Å². The van der Waals surface area contributed by atoms with Gasteiger partial charge >= 0.3 is 5.97 Å². The molecule has 0 amide bonds. The number of carbonyl (C=O) groups excluding carboxylic acids is 1. The number of rotatable bonds is 9. The minimum atomic E-state index is -1.10. The van der Waals surface area contributed by atoms with Crippen LogP contribution in [0.2, 0.25) is 5.02 Å². The molecule has 202 valence electrons. The van der Waals surface area contributed by atoms with E-state index >= 15 is 0 Å². The quantitative estimate of drug-likeness (QED) is 0.228. The Bertz CT molecular complexity index is 1490. The van der Waals surface area contributed by atoms with E-state index in [9.17, 15) is 14.3 Å². The second-order valence-electron chi connectivity index (χ2n) is 9.08. The molecule has 0 saturated heterocycles. The molecule has 1 unspecified atom stereocenters. The van der Waals surface area contributed by atoms with Gasteiger partial charge in [0.2, 0.25) is 0 Å². The second kappa shape index (κ2) is 11.4. The summed E-state index contributed by atoms with van der Waals surface area (Å²) in [5.41, 5.74) is 3.93. The van der Waals surface area contributed by atoms with E-state index in [2.05, 4.69) is 9.84 Å². The van der Waals surface area contributed by atoms with E-state index in [1.807, 2.05) is 49.5 Å². The van der Waals surface area contributed by atoms with Gasteiger partial charge in [-0.2, -0.15) is 5.10 Å². The zero-order valence-electron chi connectivity index (χ0n) is 21.4. The summed E-state index contributed by atoms with van der Waals surface area (Å²) >= 11 is 6.25. The van der Waals surface area contributed by atoms with Crippen molar-refractivity contribution in [2.75, 3.05) is 20.3 Å². The van der Waals surface area contributed by atoms with Crippen LogP contribution in [0.3, 0.4) is 0 Å². The predicted octanol–water partition coefficient (Wildman–Crippen LogP) is 5.13. The second-order valence-corrected chi connectivity index (χ2v) is 9.52. The van der Waals surface area contributed by atoms with Crippen LogP contribution in [-0.2, 0) is 24.9 Å². The number of halogens is 2. The van der Waals surface area contributed by atoms with Crippen molar-refractivity contribution in [1.82, 2.24) is 14.7 Å². The molecule has 0 bridgehead atoms. The Morgan fingerprint density at radius 2 is 2.00 bits per heavy atom. The molecule has 1 atom stereocenters. The lowest BCUT2D eigenvalue weighted by molar-refractivity contribution is -0.0161. The molecule has 4 aromatic rings. The number of nitrogens with zero attached hydrogens (tertiary/aromatic N) is 3. The summed E-state index contributed by atoms with van der Waals surface area (Å²) in [5.74, 6) is -0.619. The van der Waals surface area contributed by atoms with E-state index in [1.165, 1.54) is 19.2 Å². The third kappa shape index (κ3) is 5.61. The van der Waals surface area contributed by atoms with Crippen molar-refractivity contribution in [3.63, 3.8) is 0 Å². The van der Waals surface area contributed by atoms with Gasteiger partial charge in [-0.25, -0.2) is 9.18 Å². The maximum atomic E-state index is 14.6. The van der Waals surface area contributed by atoms with Crippen LogP contribution in [0, 0.1) is 5.82 Å². The highest BCUT2D eigenvalue weighted by Gasteiger charge is 2.31. The fourth-order valence-electron chi connectivity index (χ4n) is 4.65. The summed E-state index contributed by atoms with van der Waals surface area (Å²) < 4.78 is 32.6. The van der Waals surface area contributed by atoms with E-state index < -0.39 is 18.0 Å². The molecule has 2 heterocycles. The fourth-order valence-corrected chi connectivity index (χ4v) is 4.82. The lowest BCUT2D eigenvalue weighted by Gasteiger charge is -2.28. The SMILES string of the molecule is COC(=O)c1ccc(OCCN(Cc2ccccc2)C(O)c2nn(C)c3c2COc2ccc(Cl)cc2-3)c(F)c1. The van der Waals surface area contributed by atoms with Crippen LogP contribution < -0.4 is 9.47 Å². The van der Waals surface area contributed by atoms with Crippen LogP contribution >= 0.6 is 11.6 Å². The molecule has 1 aliphatic rings. The lowest BCUT2D eigenvalue weighted by atomic mass is 10.0. The molecule has 0 radical (unpaired) electrons. The Labute approximate surface area is 230 Å². The van der Waals surface area contributed by atoms with Gasteiger partial charge in [-0.3, -0.25) is 9.58 Å². The summed E-state index contributed by atoms with van der Waals surface area (Å²) in [6.07, 6.45) is -1.10. The number of hydrogen-bond donors (Lipinski definition) is 1. The van der Waals surface area contributed by atoms with E-state index in [0.717, 1.165) is 28.5 Å². The normalized spacial score (nSPS) is 12.9. The Kier molecular flexibility index (Phi) is 7.83. The number of ether oxygens (including phenoxy) is 3. The van der Waals surface area contributed by atoms with Crippen LogP contribution in [0.15, 0.2) is 66.7 Å². The van der Waals surface area contributed by atoms with Crippen LogP contribution in [0.1, 0.15) is 33.4 Å². The summed E-state index contributed by atoms with van der Waals surface area (Å²) in [7, 11) is 3.05. The Morgan fingerprint density at radius 3 is 2.74 bits per heavy atom. The highest BCUT2D eigenvalue weighted by Crippen LogP contribution is 2.41. The maximum absolute atomic E-state index is 14.6. The number of hydrogen-bond acceptors (Lipinski definition) is 7. The van der Waals surface area contributed by atoms with Gasteiger partial charge in [0.1, 0.15) is 24.7 Å². The van der Waals surface area contributed by atoms with Gasteiger partial charge in [0, 0.05) is 36.3 Å². The monoisotopic (exact) mass is 551 g/mol. The molecule has 0 saturated carbocycles. The van der Waals surface area contributed by atoms with Crippen LogP contribution in [0.4, 0.5) is 4.39 Å². The number of carbonyl (C=O) groups is 1. The fraction of sp³-hybridized carbons (Fsp3) is 0.241. The van der Waals surface area contributed by atoms with Crippen LogP contribution in [0.5, 0.6) is 11.5 Å². The van der Waals surface area contributed by atoms with Crippen molar-refractivity contribution in [2.45, 2.75) is 19.4 Å². The zero-order chi connectivity index (χ0) is 27.5. The third-order valence-electron chi connectivity index (χ3n) is 6.55. The van der Waals surface area contributed by atoms with Gasteiger partial charge in [-0.1, -0.05) is 41.9 Å². The molecule has 0 spiro atoms. The molecule has 1 N–H and O–H groups in total. The number of benzene rings is 3. The van der Waals surface area contributed by atoms with Gasteiger partial charge in [0.15, 0.2) is 17.8 Å². The molecular weight excluding hydrogens is 525 g/mol. The van der Waals surface area contributed by atoms with Gasteiger partial charge in [0.25, 0.3) is 0 Å². The molecular formula is C29H27ClFN3O5. The summed E-state index contributed by atoms with van der Waals surface area (Å²) in [4.78, 5) is 13.5. The van der Waals surface area contributed by atoms with Crippen molar-refractivity contribution in [2.24, 2.45) is 7.05 Å². The Hall–Kier alpha value is -3.92. The number of fused-ring (bicyclic) bond motifs is 3. The first-order valence-electron chi connectivity index (χ1n) is 12.3. The van der Waals surface area contributed by atoms with Crippen molar-refractivity contribution in [3.05, 3.63) is 100.0 Å². The molecule has 1 aliphatic heterocycles. The molecule has 3 aromatic carbocycles. The Balaban J connectivity index is 1.39. The first-order chi connectivity index (χ1) is 18.9. The standard InChI is InChI=1S/C29H27ClFN3O5/c1-33-27-21-15-20(30)9-11-24(21)39-17-22(27)26(32-33)28(35)34(16-18-6-4-3-5-7-18)12-13-38-25-10-8-19(14-23(25)31)29(36)37-2/h3-11,14-15,28,35H,12-13,16-17H2,1-2H3. The zero-order valence-corrected chi connectivity index (χ0v) is 22.2. The number of aryl methyl sites for hydroxylation is 1. The van der Waals surface area contributed by atoms with Gasteiger partial charge < -0.3 is 19.3 Å². The summed E-state index contributed by atoms with van der Waals surface area (Å²) in [6, 6.07) is 19.0. The highest BCUT2D eigenvalue weighted by molar-refractivity contribution is 6.31. The summed E-state index contributed by atoms with van der Waals surface area (Å²) in [5, 5.41) is 16.8. The minimum Gasteiger partial charge on any atom is -0.489 e. The topological polar surface area (TPSA) is 86.0 Å². The number of aliphatic hydroxyl groups excluding tert-OH is 1. The number of esters is 1. The highest BCUT2D eigenvalue weighted by atomic mass is 35.5. The largest absolute Gasteiger partial charge is 0.489 e. The molecule has 10 heteroatoms. The van der Waals surface area contributed by atoms with Crippen LogP contribution in [-0.4, -0.2) is 46.0 Å². The van der Waals surface area contributed by atoms with E-state index in [0.29, 0.717) is 23.0 Å². The van der Waals surface area contributed by atoms with Crippen molar-refractivity contribution >= 4 is 17.6 Å². The number of aromatic nitrogens is 2. The average Bonchev–Trinajstić information content (AvgIpc) is 3.29. The molecule has 0 aliphatic carbocycles. The summed E-state index contributed by atoms with van der Waals surface area (Å²) in [6.45, 7) is 0.965. The third-order valence-corrected chi connectivity index (χ3v) is 6.79. The van der Waals surface area contributed by atoms with Crippen molar-refractivity contribution in [3.8, 4) is 22.8 Å². The van der Waals surface area contributed by atoms with Gasteiger partial charge in [-0.15, -0.1) is 0 Å². The van der Waals surface area contributed by atoms with E-state index in [-0.39, 0.29) is 31.1 Å². The molecule has 39 heavy (non-hydrogen) atoms. The van der Waals surface area contributed by atoms with E-state index in [1.54, 1.807) is 15.6 Å². The molecule has 1 aromatic heterocycles. The number of aliphatic hydroxyl groups is 1. The first kappa shape index (κ1) is 26.7. The predicted molar refractivity (Wildman–Crippen MR) is 143 cm³/mol. The maximum Gasteiger partial charge on any atom is 0.337 e. The number of methoxy groups -OCH3 is 1.